The quantitative estimate of drug-likeness (QED) is 0.646. The van der Waals surface area contributed by atoms with Crippen LogP contribution in [0.1, 0.15) is 109 Å². The van der Waals surface area contributed by atoms with E-state index < -0.39 is 0 Å². The molecule has 0 aliphatic heterocycles. The molecule has 168 valence electrons. The fraction of sp³-hybridized carbons (Fsp3) is 1.00. The summed E-state index contributed by atoms with van der Waals surface area (Å²) in [6.07, 6.45) is 23.5. The van der Waals surface area contributed by atoms with Crippen molar-refractivity contribution in [3.8, 4) is 0 Å². The van der Waals surface area contributed by atoms with Crippen LogP contribution in [0.5, 0.6) is 0 Å². The van der Waals surface area contributed by atoms with Gasteiger partial charge in [0.25, 0.3) is 0 Å². The molecule has 0 spiro atoms. The van der Waals surface area contributed by atoms with Gasteiger partial charge in [0.2, 0.25) is 0 Å². The van der Waals surface area contributed by atoms with Crippen LogP contribution in [0, 0.1) is 11.8 Å². The van der Waals surface area contributed by atoms with E-state index in [-0.39, 0.29) is 0 Å². The lowest BCUT2D eigenvalue weighted by atomic mass is 9.76. The van der Waals surface area contributed by atoms with Crippen LogP contribution < -0.4 is 11.5 Å². The van der Waals surface area contributed by atoms with Crippen LogP contribution in [-0.4, -0.2) is 36.5 Å². The minimum Gasteiger partial charge on any atom is -0.375 e. The van der Waals surface area contributed by atoms with E-state index in [1.54, 1.807) is 0 Å². The van der Waals surface area contributed by atoms with Crippen molar-refractivity contribution in [2.24, 2.45) is 23.3 Å². The highest BCUT2D eigenvalue weighted by molar-refractivity contribution is 4.82. The minimum absolute atomic E-state index is 0.423. The first kappa shape index (κ1) is 22.0. The molecule has 0 aromatic rings. The third kappa shape index (κ3) is 6.92. The van der Waals surface area contributed by atoms with E-state index in [4.69, 9.17) is 20.9 Å². The summed E-state index contributed by atoms with van der Waals surface area (Å²) in [4.78, 5) is 0. The van der Waals surface area contributed by atoms with E-state index in [1.165, 1.54) is 83.5 Å². The molecule has 0 aromatic carbocycles. The standard InChI is InChI=1S/C25H46N2O2/c26-20-5-13-24(14-6-20)28-22-9-1-18(2-10-22)17-19-3-11-23(12-4-19)29-25-15-7-21(27)8-16-25/h18-25H,1-17,26-27H2. The molecule has 0 aromatic heterocycles. The number of nitrogens with two attached hydrogens (primary N) is 2. The molecule has 0 heterocycles. The largest absolute Gasteiger partial charge is 0.375 e. The molecule has 0 unspecified atom stereocenters. The zero-order valence-corrected chi connectivity index (χ0v) is 18.6. The van der Waals surface area contributed by atoms with E-state index in [0.29, 0.717) is 36.5 Å². The highest BCUT2D eigenvalue weighted by Gasteiger charge is 2.30. The lowest BCUT2D eigenvalue weighted by Gasteiger charge is -2.37. The average Bonchev–Trinajstić information content (AvgIpc) is 2.74. The first-order chi connectivity index (χ1) is 14.1. The molecule has 0 amide bonds. The number of hydrogen-bond acceptors (Lipinski definition) is 4. The zero-order chi connectivity index (χ0) is 20.1. The predicted octanol–water partition coefficient (Wildman–Crippen LogP) is 5.07. The van der Waals surface area contributed by atoms with Crippen molar-refractivity contribution in [3.63, 3.8) is 0 Å². The van der Waals surface area contributed by atoms with Crippen LogP contribution in [-0.2, 0) is 9.47 Å². The number of hydrogen-bond donors (Lipinski definition) is 2. The van der Waals surface area contributed by atoms with Gasteiger partial charge < -0.3 is 20.9 Å². The summed E-state index contributed by atoms with van der Waals surface area (Å²) in [6.45, 7) is 0. The van der Waals surface area contributed by atoms with Crippen molar-refractivity contribution in [2.45, 2.75) is 146 Å². The van der Waals surface area contributed by atoms with Crippen LogP contribution in [0.2, 0.25) is 0 Å². The summed E-state index contributed by atoms with van der Waals surface area (Å²) in [5.41, 5.74) is 12.1. The van der Waals surface area contributed by atoms with Gasteiger partial charge in [0.15, 0.2) is 0 Å². The van der Waals surface area contributed by atoms with Crippen LogP contribution in [0.4, 0.5) is 0 Å². The normalized spacial score (nSPS) is 44.5. The summed E-state index contributed by atoms with van der Waals surface area (Å²) >= 11 is 0. The Balaban J connectivity index is 1.08. The van der Waals surface area contributed by atoms with Gasteiger partial charge in [-0.15, -0.1) is 0 Å². The SMILES string of the molecule is NC1CCC(OC2CCC(CC3CCC(OC4CCC(N)CC4)CC3)CC2)CC1. The van der Waals surface area contributed by atoms with Crippen molar-refractivity contribution >= 4 is 0 Å². The van der Waals surface area contributed by atoms with Crippen molar-refractivity contribution in [1.29, 1.82) is 0 Å². The maximum atomic E-state index is 6.43. The molecular formula is C25H46N2O2. The van der Waals surface area contributed by atoms with Gasteiger partial charge in [-0.05, 0) is 121 Å². The Labute approximate surface area is 178 Å². The van der Waals surface area contributed by atoms with Gasteiger partial charge in [-0.2, -0.15) is 0 Å². The number of rotatable bonds is 6. The van der Waals surface area contributed by atoms with Gasteiger partial charge in [0.05, 0.1) is 24.4 Å². The second kappa shape index (κ2) is 10.9. The smallest absolute Gasteiger partial charge is 0.0580 e. The number of ether oxygens (including phenoxy) is 2. The molecular weight excluding hydrogens is 360 g/mol. The summed E-state index contributed by atoms with van der Waals surface area (Å²) in [5, 5.41) is 0. The summed E-state index contributed by atoms with van der Waals surface area (Å²) < 4.78 is 12.9. The fourth-order valence-electron chi connectivity index (χ4n) is 6.47. The Morgan fingerprint density at radius 2 is 0.690 bits per heavy atom. The maximum Gasteiger partial charge on any atom is 0.0580 e. The van der Waals surface area contributed by atoms with Gasteiger partial charge >= 0.3 is 0 Å². The Bertz CT molecular complexity index is 413. The lowest BCUT2D eigenvalue weighted by molar-refractivity contribution is -0.0597. The van der Waals surface area contributed by atoms with Gasteiger partial charge in [0, 0.05) is 12.1 Å². The van der Waals surface area contributed by atoms with Crippen molar-refractivity contribution in [3.05, 3.63) is 0 Å². The lowest BCUT2D eigenvalue weighted by Crippen LogP contribution is -2.34. The second-order valence-electron chi connectivity index (χ2n) is 10.9. The third-order valence-corrected chi connectivity index (χ3v) is 8.46. The highest BCUT2D eigenvalue weighted by Crippen LogP contribution is 2.38. The van der Waals surface area contributed by atoms with Crippen LogP contribution in [0.15, 0.2) is 0 Å². The molecule has 0 atom stereocenters. The Morgan fingerprint density at radius 3 is 1.00 bits per heavy atom. The van der Waals surface area contributed by atoms with Gasteiger partial charge in [-0.3, -0.25) is 0 Å². The monoisotopic (exact) mass is 406 g/mol. The van der Waals surface area contributed by atoms with Crippen LogP contribution in [0.3, 0.4) is 0 Å². The second-order valence-corrected chi connectivity index (χ2v) is 10.9. The summed E-state index contributed by atoms with van der Waals surface area (Å²) in [5.74, 6) is 1.88. The predicted molar refractivity (Wildman–Crippen MR) is 119 cm³/mol. The molecule has 4 saturated carbocycles. The van der Waals surface area contributed by atoms with E-state index >= 15 is 0 Å². The van der Waals surface area contributed by atoms with Crippen LogP contribution in [0.25, 0.3) is 0 Å². The molecule has 4 aliphatic rings. The van der Waals surface area contributed by atoms with Gasteiger partial charge in [-0.1, -0.05) is 0 Å². The maximum absolute atomic E-state index is 6.43. The fourth-order valence-corrected chi connectivity index (χ4v) is 6.47. The Morgan fingerprint density at radius 1 is 0.414 bits per heavy atom. The Hall–Kier alpha value is -0.160. The third-order valence-electron chi connectivity index (χ3n) is 8.46. The van der Waals surface area contributed by atoms with E-state index in [2.05, 4.69) is 0 Å². The van der Waals surface area contributed by atoms with Crippen molar-refractivity contribution in [2.75, 3.05) is 0 Å². The molecule has 4 aliphatic carbocycles. The minimum atomic E-state index is 0.423. The van der Waals surface area contributed by atoms with E-state index in [1.807, 2.05) is 0 Å². The average molecular weight is 407 g/mol. The highest BCUT2D eigenvalue weighted by atomic mass is 16.5. The first-order valence-corrected chi connectivity index (χ1v) is 13.0. The first-order valence-electron chi connectivity index (χ1n) is 13.0. The Kier molecular flexibility index (Phi) is 8.31. The molecule has 4 nitrogen and oxygen atoms in total. The molecule has 4 fully saturated rings. The van der Waals surface area contributed by atoms with Crippen LogP contribution >= 0.6 is 0 Å². The zero-order valence-electron chi connectivity index (χ0n) is 18.6. The van der Waals surface area contributed by atoms with Gasteiger partial charge in [-0.25, -0.2) is 0 Å². The van der Waals surface area contributed by atoms with Gasteiger partial charge in [0.1, 0.15) is 0 Å². The molecule has 0 radical (unpaired) electrons. The van der Waals surface area contributed by atoms with Crippen molar-refractivity contribution < 1.29 is 9.47 Å². The molecule has 0 bridgehead atoms. The van der Waals surface area contributed by atoms with E-state index in [9.17, 15) is 0 Å². The molecule has 4 N–H and O–H groups in total. The molecule has 4 heteroatoms. The van der Waals surface area contributed by atoms with E-state index in [0.717, 1.165) is 37.5 Å². The summed E-state index contributed by atoms with van der Waals surface area (Å²) in [6, 6.07) is 0.846. The molecule has 29 heavy (non-hydrogen) atoms. The van der Waals surface area contributed by atoms with Crippen molar-refractivity contribution in [1.82, 2.24) is 0 Å². The summed E-state index contributed by atoms with van der Waals surface area (Å²) in [7, 11) is 0. The topological polar surface area (TPSA) is 70.5 Å². The molecule has 0 saturated heterocycles. The molecule has 4 rings (SSSR count).